The summed E-state index contributed by atoms with van der Waals surface area (Å²) in [6.07, 6.45) is -0.297. The van der Waals surface area contributed by atoms with Gasteiger partial charge in [0, 0.05) is 6.42 Å². The first-order chi connectivity index (χ1) is 12.6. The summed E-state index contributed by atoms with van der Waals surface area (Å²) in [5.74, 6) is -0.645. The lowest BCUT2D eigenvalue weighted by Gasteiger charge is -2.19. The van der Waals surface area contributed by atoms with Crippen LogP contribution in [0, 0.1) is 0 Å². The molecule has 2 rings (SSSR count). The van der Waals surface area contributed by atoms with E-state index < -0.39 is 34.2 Å². The second-order valence-corrected chi connectivity index (χ2v) is 8.95. The number of carbonyl (C=O) groups excluding carboxylic acids is 1. The van der Waals surface area contributed by atoms with Gasteiger partial charge < -0.3 is 9.84 Å². The number of carbonyl (C=O) groups is 1. The maximum absolute atomic E-state index is 12.3. The van der Waals surface area contributed by atoms with Crippen LogP contribution in [-0.4, -0.2) is 31.6 Å². The van der Waals surface area contributed by atoms with Crippen LogP contribution in [0.15, 0.2) is 59.5 Å². The highest BCUT2D eigenvalue weighted by Crippen LogP contribution is 2.19. The molecular formula is C20H25NO5S. The van der Waals surface area contributed by atoms with E-state index in [0.29, 0.717) is 6.42 Å². The van der Waals surface area contributed by atoms with E-state index >= 15 is 0 Å². The van der Waals surface area contributed by atoms with Crippen LogP contribution < -0.4 is 4.72 Å². The molecule has 1 unspecified atom stereocenters. The summed E-state index contributed by atoms with van der Waals surface area (Å²) in [5, 5.41) is 10.3. The molecular weight excluding hydrogens is 366 g/mol. The fourth-order valence-corrected chi connectivity index (χ4v) is 3.40. The summed E-state index contributed by atoms with van der Waals surface area (Å²) in [6, 6.07) is 15.4. The number of hydrogen-bond donors (Lipinski definition) is 2. The zero-order valence-electron chi connectivity index (χ0n) is 15.7. The van der Waals surface area contributed by atoms with Crippen LogP contribution in [0.5, 0.6) is 0 Å². The Labute approximate surface area is 160 Å². The van der Waals surface area contributed by atoms with Crippen LogP contribution >= 0.6 is 0 Å². The van der Waals surface area contributed by atoms with Crippen molar-refractivity contribution < 1.29 is 23.1 Å². The number of hydrogen-bond acceptors (Lipinski definition) is 5. The van der Waals surface area contributed by atoms with E-state index in [1.165, 1.54) is 12.1 Å². The SMILES string of the molecule is CC(C)(C)OC(=O)CNS(=O)(=O)c1ccc(CC(O)c2ccccc2)cc1. The van der Waals surface area contributed by atoms with E-state index in [1.54, 1.807) is 32.9 Å². The Morgan fingerprint density at radius 2 is 1.67 bits per heavy atom. The van der Waals surface area contributed by atoms with Crippen molar-refractivity contribution in [2.75, 3.05) is 6.54 Å². The third kappa shape index (κ3) is 6.78. The van der Waals surface area contributed by atoms with Crippen LogP contribution in [0.25, 0.3) is 0 Å². The van der Waals surface area contributed by atoms with Crippen molar-refractivity contribution in [3.05, 3.63) is 65.7 Å². The smallest absolute Gasteiger partial charge is 0.321 e. The van der Waals surface area contributed by atoms with Crippen LogP contribution in [0.3, 0.4) is 0 Å². The standard InChI is InChI=1S/C20H25NO5S/c1-20(2,3)26-19(23)14-21-27(24,25)17-11-9-15(10-12-17)13-18(22)16-7-5-4-6-8-16/h4-12,18,21-22H,13-14H2,1-3H3. The molecule has 0 aliphatic rings. The molecule has 27 heavy (non-hydrogen) atoms. The van der Waals surface area contributed by atoms with Gasteiger partial charge in [-0.15, -0.1) is 0 Å². The molecule has 0 aliphatic heterocycles. The molecule has 0 saturated carbocycles. The fraction of sp³-hybridized carbons (Fsp3) is 0.350. The summed E-state index contributed by atoms with van der Waals surface area (Å²) in [5.41, 5.74) is 0.926. The Hall–Kier alpha value is -2.22. The molecule has 2 aromatic rings. The summed E-state index contributed by atoms with van der Waals surface area (Å²) < 4.78 is 31.9. The molecule has 6 nitrogen and oxygen atoms in total. The summed E-state index contributed by atoms with van der Waals surface area (Å²) in [6.45, 7) is 4.69. The highest BCUT2D eigenvalue weighted by atomic mass is 32.2. The number of nitrogens with one attached hydrogen (secondary N) is 1. The highest BCUT2D eigenvalue weighted by molar-refractivity contribution is 7.89. The first kappa shape index (κ1) is 21.1. The number of rotatable bonds is 7. The maximum Gasteiger partial charge on any atom is 0.321 e. The van der Waals surface area contributed by atoms with Crippen molar-refractivity contribution in [2.24, 2.45) is 0 Å². The van der Waals surface area contributed by atoms with E-state index in [4.69, 9.17) is 4.74 Å². The molecule has 0 spiro atoms. The lowest BCUT2D eigenvalue weighted by Crippen LogP contribution is -2.34. The van der Waals surface area contributed by atoms with Gasteiger partial charge in [-0.2, -0.15) is 4.72 Å². The van der Waals surface area contributed by atoms with E-state index in [1.807, 2.05) is 30.3 Å². The normalized spacial score (nSPS) is 13.2. The number of esters is 1. The minimum Gasteiger partial charge on any atom is -0.459 e. The third-order valence-electron chi connectivity index (χ3n) is 3.67. The number of aliphatic hydroxyl groups excluding tert-OH is 1. The van der Waals surface area contributed by atoms with E-state index in [2.05, 4.69) is 4.72 Å². The molecule has 0 amide bonds. The average Bonchev–Trinajstić information content (AvgIpc) is 2.60. The molecule has 146 valence electrons. The average molecular weight is 391 g/mol. The molecule has 0 heterocycles. The molecule has 2 aromatic carbocycles. The summed E-state index contributed by atoms with van der Waals surface area (Å²) in [7, 11) is -3.82. The van der Waals surface area contributed by atoms with Gasteiger partial charge in [-0.3, -0.25) is 4.79 Å². The van der Waals surface area contributed by atoms with Crippen molar-refractivity contribution in [3.8, 4) is 0 Å². The quantitative estimate of drug-likeness (QED) is 0.708. The topological polar surface area (TPSA) is 92.7 Å². The molecule has 0 saturated heterocycles. The molecule has 0 aromatic heterocycles. The van der Waals surface area contributed by atoms with Gasteiger partial charge in [0.25, 0.3) is 0 Å². The predicted molar refractivity (Wildman–Crippen MR) is 103 cm³/mol. The number of aliphatic hydroxyl groups is 1. The van der Waals surface area contributed by atoms with Crippen LogP contribution in [0.1, 0.15) is 38.0 Å². The zero-order chi connectivity index (χ0) is 20.1. The Kier molecular flexibility index (Phi) is 6.75. The Morgan fingerprint density at radius 3 is 2.22 bits per heavy atom. The predicted octanol–water partition coefficient (Wildman–Crippen LogP) is 2.58. The first-order valence-corrected chi connectivity index (χ1v) is 10.1. The first-order valence-electron chi connectivity index (χ1n) is 8.60. The Balaban J connectivity index is 1.98. The minimum atomic E-state index is -3.82. The van der Waals surface area contributed by atoms with E-state index in [-0.39, 0.29) is 4.90 Å². The lowest BCUT2D eigenvalue weighted by atomic mass is 10.0. The fourth-order valence-electron chi connectivity index (χ4n) is 2.44. The zero-order valence-corrected chi connectivity index (χ0v) is 16.5. The van der Waals surface area contributed by atoms with Gasteiger partial charge in [-0.05, 0) is 44.0 Å². The van der Waals surface area contributed by atoms with Gasteiger partial charge in [0.1, 0.15) is 12.1 Å². The van der Waals surface area contributed by atoms with Gasteiger partial charge in [-0.1, -0.05) is 42.5 Å². The molecule has 0 aliphatic carbocycles. The minimum absolute atomic E-state index is 0.0454. The third-order valence-corrected chi connectivity index (χ3v) is 5.09. The Morgan fingerprint density at radius 1 is 1.07 bits per heavy atom. The van der Waals surface area contributed by atoms with E-state index in [0.717, 1.165) is 11.1 Å². The summed E-state index contributed by atoms with van der Waals surface area (Å²) >= 11 is 0. The number of sulfonamides is 1. The molecule has 1 atom stereocenters. The van der Waals surface area contributed by atoms with E-state index in [9.17, 15) is 18.3 Å². The lowest BCUT2D eigenvalue weighted by molar-refractivity contribution is -0.153. The number of ether oxygens (including phenoxy) is 1. The second kappa shape index (κ2) is 8.65. The van der Waals surface area contributed by atoms with Crippen molar-refractivity contribution in [1.29, 1.82) is 0 Å². The van der Waals surface area contributed by atoms with Gasteiger partial charge in [0.05, 0.1) is 11.0 Å². The van der Waals surface area contributed by atoms with Crippen LogP contribution in [0.4, 0.5) is 0 Å². The maximum atomic E-state index is 12.3. The second-order valence-electron chi connectivity index (χ2n) is 7.19. The van der Waals surface area contributed by atoms with Crippen molar-refractivity contribution in [2.45, 2.75) is 43.8 Å². The summed E-state index contributed by atoms with van der Waals surface area (Å²) in [4.78, 5) is 11.7. The number of benzene rings is 2. The van der Waals surface area contributed by atoms with Gasteiger partial charge in [0.2, 0.25) is 10.0 Å². The molecule has 0 fully saturated rings. The van der Waals surface area contributed by atoms with Crippen LogP contribution in [0.2, 0.25) is 0 Å². The molecule has 2 N–H and O–H groups in total. The molecule has 0 radical (unpaired) electrons. The van der Waals surface area contributed by atoms with Crippen molar-refractivity contribution >= 4 is 16.0 Å². The van der Waals surface area contributed by atoms with Gasteiger partial charge in [0.15, 0.2) is 0 Å². The van der Waals surface area contributed by atoms with Crippen molar-refractivity contribution in [1.82, 2.24) is 4.72 Å². The molecule has 0 bridgehead atoms. The Bertz CT molecular complexity index is 855. The van der Waals surface area contributed by atoms with Crippen molar-refractivity contribution in [3.63, 3.8) is 0 Å². The highest BCUT2D eigenvalue weighted by Gasteiger charge is 2.20. The van der Waals surface area contributed by atoms with Gasteiger partial charge >= 0.3 is 5.97 Å². The monoisotopic (exact) mass is 391 g/mol. The van der Waals surface area contributed by atoms with Crippen LogP contribution in [-0.2, 0) is 26.0 Å². The van der Waals surface area contributed by atoms with Gasteiger partial charge in [-0.25, -0.2) is 8.42 Å². The molecule has 7 heteroatoms. The largest absolute Gasteiger partial charge is 0.459 e.